The van der Waals surface area contributed by atoms with Crippen molar-refractivity contribution >= 4 is 12.1 Å². The van der Waals surface area contributed by atoms with Gasteiger partial charge < -0.3 is 15.2 Å². The number of carbonyl (C=O) groups excluding carboxylic acids is 1. The maximum Gasteiger partial charge on any atom is 0.408 e. The highest BCUT2D eigenvalue weighted by molar-refractivity contribution is 5.79. The molecular weight excluding hydrogens is 282 g/mol. The van der Waals surface area contributed by atoms with E-state index in [-0.39, 0.29) is 6.61 Å². The van der Waals surface area contributed by atoms with Crippen molar-refractivity contribution < 1.29 is 19.4 Å². The average molecular weight is 305 g/mol. The second-order valence-corrected chi connectivity index (χ2v) is 5.82. The van der Waals surface area contributed by atoms with Crippen molar-refractivity contribution in [3.05, 3.63) is 35.9 Å². The molecule has 2 rings (SSSR count). The van der Waals surface area contributed by atoms with E-state index in [1.54, 1.807) is 0 Å². The van der Waals surface area contributed by atoms with Crippen LogP contribution >= 0.6 is 0 Å². The second kappa shape index (κ2) is 8.41. The smallest absolute Gasteiger partial charge is 0.408 e. The predicted molar refractivity (Wildman–Crippen MR) is 82.4 cm³/mol. The summed E-state index contributed by atoms with van der Waals surface area (Å²) in [7, 11) is 0. The topological polar surface area (TPSA) is 75.6 Å². The first kappa shape index (κ1) is 16.3. The Hall–Kier alpha value is -2.04. The highest BCUT2D eigenvalue weighted by Gasteiger charge is 2.23. The second-order valence-electron chi connectivity index (χ2n) is 5.82. The van der Waals surface area contributed by atoms with Crippen LogP contribution in [0.1, 0.15) is 44.1 Å². The molecule has 0 heterocycles. The van der Waals surface area contributed by atoms with E-state index in [1.807, 2.05) is 30.3 Å². The lowest BCUT2D eigenvalue weighted by Crippen LogP contribution is -2.41. The van der Waals surface area contributed by atoms with E-state index in [0.717, 1.165) is 12.0 Å². The van der Waals surface area contributed by atoms with Crippen LogP contribution < -0.4 is 5.32 Å². The average Bonchev–Trinajstić information content (AvgIpc) is 3.03. The van der Waals surface area contributed by atoms with Crippen molar-refractivity contribution in [1.29, 1.82) is 0 Å². The molecule has 0 spiro atoms. The summed E-state index contributed by atoms with van der Waals surface area (Å²) in [5, 5.41) is 11.7. The van der Waals surface area contributed by atoms with Crippen LogP contribution in [0.5, 0.6) is 0 Å². The van der Waals surface area contributed by atoms with Crippen molar-refractivity contribution in [2.45, 2.75) is 51.2 Å². The van der Waals surface area contributed by atoms with Crippen molar-refractivity contribution in [1.82, 2.24) is 5.32 Å². The van der Waals surface area contributed by atoms with Crippen LogP contribution in [-0.2, 0) is 16.1 Å². The number of hydrogen-bond acceptors (Lipinski definition) is 3. The molecule has 1 fully saturated rings. The number of carbonyl (C=O) groups is 2. The number of alkyl carbamates (subject to hydrolysis) is 1. The van der Waals surface area contributed by atoms with Crippen LogP contribution in [0.2, 0.25) is 0 Å². The zero-order valence-corrected chi connectivity index (χ0v) is 12.7. The van der Waals surface area contributed by atoms with Crippen molar-refractivity contribution in [2.75, 3.05) is 0 Å². The van der Waals surface area contributed by atoms with Crippen LogP contribution in [0, 0.1) is 5.92 Å². The van der Waals surface area contributed by atoms with Crippen molar-refractivity contribution in [3.8, 4) is 0 Å². The van der Waals surface area contributed by atoms with E-state index in [0.29, 0.717) is 12.3 Å². The minimum atomic E-state index is -1.00. The number of rotatable bonds is 7. The number of nitrogens with one attached hydrogen (secondary N) is 1. The van der Waals surface area contributed by atoms with Gasteiger partial charge in [0.1, 0.15) is 12.6 Å². The predicted octanol–water partition coefficient (Wildman–Crippen LogP) is 3.34. The van der Waals surface area contributed by atoms with E-state index >= 15 is 0 Å². The summed E-state index contributed by atoms with van der Waals surface area (Å²) in [6.07, 6.45) is 5.43. The number of ether oxygens (including phenoxy) is 1. The molecule has 2 N–H and O–H groups in total. The van der Waals surface area contributed by atoms with E-state index in [2.05, 4.69) is 5.32 Å². The molecule has 0 bridgehead atoms. The van der Waals surface area contributed by atoms with Gasteiger partial charge in [-0.3, -0.25) is 0 Å². The van der Waals surface area contributed by atoms with Crippen LogP contribution in [0.15, 0.2) is 30.3 Å². The fraction of sp³-hybridized carbons (Fsp3) is 0.529. The number of hydrogen-bond donors (Lipinski definition) is 2. The molecule has 1 aliphatic carbocycles. The molecule has 5 nitrogen and oxygen atoms in total. The molecule has 1 saturated carbocycles. The molecule has 0 radical (unpaired) electrons. The van der Waals surface area contributed by atoms with Crippen LogP contribution in [0.25, 0.3) is 0 Å². The summed E-state index contributed by atoms with van der Waals surface area (Å²) in [5.74, 6) is -0.404. The van der Waals surface area contributed by atoms with E-state index in [1.165, 1.54) is 25.7 Å². The number of benzene rings is 1. The molecule has 1 aromatic rings. The van der Waals surface area contributed by atoms with Gasteiger partial charge in [-0.25, -0.2) is 9.59 Å². The first-order valence-corrected chi connectivity index (χ1v) is 7.85. The van der Waals surface area contributed by atoms with E-state index in [9.17, 15) is 14.7 Å². The van der Waals surface area contributed by atoms with E-state index < -0.39 is 18.1 Å². The van der Waals surface area contributed by atoms with Gasteiger partial charge in [0.15, 0.2) is 0 Å². The zero-order chi connectivity index (χ0) is 15.8. The lowest BCUT2D eigenvalue weighted by molar-refractivity contribution is -0.139. The van der Waals surface area contributed by atoms with Gasteiger partial charge in [0.2, 0.25) is 0 Å². The Morgan fingerprint density at radius 3 is 2.55 bits per heavy atom. The normalized spacial score (nSPS) is 16.2. The number of carboxylic acids is 1. The fourth-order valence-corrected chi connectivity index (χ4v) is 2.87. The van der Waals surface area contributed by atoms with Crippen LogP contribution in [-0.4, -0.2) is 23.2 Å². The van der Waals surface area contributed by atoms with Gasteiger partial charge in [-0.05, 0) is 24.3 Å². The van der Waals surface area contributed by atoms with Gasteiger partial charge in [0.05, 0.1) is 0 Å². The highest BCUT2D eigenvalue weighted by Crippen LogP contribution is 2.28. The maximum atomic E-state index is 11.7. The summed E-state index contributed by atoms with van der Waals surface area (Å²) in [5.41, 5.74) is 0.871. The third-order valence-electron chi connectivity index (χ3n) is 4.14. The van der Waals surface area contributed by atoms with Gasteiger partial charge in [0.25, 0.3) is 0 Å². The molecule has 1 atom stereocenters. The molecule has 22 heavy (non-hydrogen) atoms. The molecule has 5 heteroatoms. The largest absolute Gasteiger partial charge is 0.480 e. The SMILES string of the molecule is O=C(NC(CCC1CCCC1)C(=O)O)OCc1ccccc1. The lowest BCUT2D eigenvalue weighted by atomic mass is 9.98. The van der Waals surface area contributed by atoms with Gasteiger partial charge in [-0.15, -0.1) is 0 Å². The molecule has 1 unspecified atom stereocenters. The summed E-state index contributed by atoms with van der Waals surface area (Å²) >= 11 is 0. The summed E-state index contributed by atoms with van der Waals surface area (Å²) in [6, 6.07) is 8.43. The molecule has 1 aliphatic rings. The first-order valence-electron chi connectivity index (χ1n) is 7.85. The van der Waals surface area contributed by atoms with Crippen LogP contribution in [0.4, 0.5) is 4.79 Å². The zero-order valence-electron chi connectivity index (χ0n) is 12.7. The molecule has 1 amide bonds. The highest BCUT2D eigenvalue weighted by atomic mass is 16.5. The Bertz CT molecular complexity index is 483. The maximum absolute atomic E-state index is 11.7. The number of amides is 1. The minimum absolute atomic E-state index is 0.141. The van der Waals surface area contributed by atoms with Gasteiger partial charge in [-0.1, -0.05) is 56.0 Å². The Morgan fingerprint density at radius 2 is 1.91 bits per heavy atom. The van der Waals surface area contributed by atoms with Gasteiger partial charge >= 0.3 is 12.1 Å². The summed E-state index contributed by atoms with van der Waals surface area (Å²) < 4.78 is 5.07. The van der Waals surface area contributed by atoms with E-state index in [4.69, 9.17) is 4.74 Å². The summed E-state index contributed by atoms with van der Waals surface area (Å²) in [6.45, 7) is 0.141. The van der Waals surface area contributed by atoms with Gasteiger partial charge in [0, 0.05) is 0 Å². The van der Waals surface area contributed by atoms with Crippen LogP contribution in [0.3, 0.4) is 0 Å². The number of carboxylic acid groups (broad SMARTS) is 1. The Morgan fingerprint density at radius 1 is 1.23 bits per heavy atom. The monoisotopic (exact) mass is 305 g/mol. The molecule has 120 valence electrons. The third kappa shape index (κ3) is 5.39. The molecule has 0 aliphatic heterocycles. The fourth-order valence-electron chi connectivity index (χ4n) is 2.87. The standard InChI is InChI=1S/C17H23NO4/c19-16(20)15(11-10-13-6-4-5-7-13)18-17(21)22-12-14-8-2-1-3-9-14/h1-3,8-9,13,15H,4-7,10-12H2,(H,18,21)(H,19,20). The Kier molecular flexibility index (Phi) is 6.25. The quantitative estimate of drug-likeness (QED) is 0.810. The molecule has 0 aromatic heterocycles. The Labute approximate surface area is 130 Å². The third-order valence-corrected chi connectivity index (χ3v) is 4.14. The van der Waals surface area contributed by atoms with Crippen molar-refractivity contribution in [2.24, 2.45) is 5.92 Å². The first-order chi connectivity index (χ1) is 10.6. The Balaban J connectivity index is 1.74. The molecule has 1 aromatic carbocycles. The molecular formula is C17H23NO4. The molecule has 0 saturated heterocycles. The van der Waals surface area contributed by atoms with Crippen molar-refractivity contribution in [3.63, 3.8) is 0 Å². The minimum Gasteiger partial charge on any atom is -0.480 e. The lowest BCUT2D eigenvalue weighted by Gasteiger charge is -2.16. The summed E-state index contributed by atoms with van der Waals surface area (Å²) in [4.78, 5) is 23.0. The number of aliphatic carboxylic acids is 1. The van der Waals surface area contributed by atoms with Gasteiger partial charge in [-0.2, -0.15) is 0 Å².